The third kappa shape index (κ3) is 3.00. The number of benzene rings is 1. The number of hydrogen-bond donors (Lipinski definition) is 1. The lowest BCUT2D eigenvalue weighted by atomic mass is 9.97. The van der Waals surface area contributed by atoms with E-state index in [1.165, 1.54) is 0 Å². The molecule has 1 aromatic heterocycles. The average Bonchev–Trinajstić information content (AvgIpc) is 2.98. The summed E-state index contributed by atoms with van der Waals surface area (Å²) in [6, 6.07) is 7.63. The molecule has 1 aliphatic rings. The minimum absolute atomic E-state index is 0.278. The van der Waals surface area contributed by atoms with Gasteiger partial charge >= 0.3 is 12.0 Å². The van der Waals surface area contributed by atoms with Gasteiger partial charge in [-0.2, -0.15) is 4.98 Å². The van der Waals surface area contributed by atoms with Gasteiger partial charge in [-0.1, -0.05) is 16.8 Å². The quantitative estimate of drug-likeness (QED) is 0.939. The molecular formula is C14H14ClN3O3. The van der Waals surface area contributed by atoms with Gasteiger partial charge in [0.1, 0.15) is 0 Å². The van der Waals surface area contributed by atoms with Crippen molar-refractivity contribution >= 4 is 23.6 Å². The molecule has 2 heterocycles. The summed E-state index contributed by atoms with van der Waals surface area (Å²) < 4.78 is 5.27. The van der Waals surface area contributed by atoms with Crippen LogP contribution in [0.1, 0.15) is 12.8 Å². The van der Waals surface area contributed by atoms with Crippen LogP contribution in [-0.4, -0.2) is 34.3 Å². The van der Waals surface area contributed by atoms with E-state index in [4.69, 9.17) is 21.2 Å². The zero-order chi connectivity index (χ0) is 14.8. The lowest BCUT2D eigenvalue weighted by molar-refractivity contribution is -0.142. The molecule has 0 aliphatic carbocycles. The molecule has 21 heavy (non-hydrogen) atoms. The summed E-state index contributed by atoms with van der Waals surface area (Å²) in [6.45, 7) is 1.22. The Labute approximate surface area is 126 Å². The van der Waals surface area contributed by atoms with Crippen LogP contribution >= 0.6 is 11.6 Å². The van der Waals surface area contributed by atoms with Crippen LogP contribution in [-0.2, 0) is 4.79 Å². The van der Waals surface area contributed by atoms with E-state index in [0.717, 1.165) is 5.56 Å². The molecule has 6 nitrogen and oxygen atoms in total. The highest BCUT2D eigenvalue weighted by molar-refractivity contribution is 6.30. The van der Waals surface area contributed by atoms with Gasteiger partial charge < -0.3 is 14.5 Å². The van der Waals surface area contributed by atoms with E-state index >= 15 is 0 Å². The number of rotatable bonds is 3. The molecule has 2 aromatic rings. The molecule has 1 saturated heterocycles. The summed E-state index contributed by atoms with van der Waals surface area (Å²) in [5, 5.41) is 13.6. The second-order valence-electron chi connectivity index (χ2n) is 5.01. The number of hydrogen-bond acceptors (Lipinski definition) is 5. The summed E-state index contributed by atoms with van der Waals surface area (Å²) in [6.07, 6.45) is 1.18. The fraction of sp³-hybridized carbons (Fsp3) is 0.357. The van der Waals surface area contributed by atoms with Crippen LogP contribution < -0.4 is 4.90 Å². The molecule has 0 amide bonds. The van der Waals surface area contributed by atoms with E-state index in [0.29, 0.717) is 42.8 Å². The number of anilines is 1. The van der Waals surface area contributed by atoms with Crippen molar-refractivity contribution in [2.45, 2.75) is 12.8 Å². The number of nitrogens with zero attached hydrogens (tertiary/aromatic N) is 3. The summed E-state index contributed by atoms with van der Waals surface area (Å²) >= 11 is 5.84. The van der Waals surface area contributed by atoms with Gasteiger partial charge in [-0.15, -0.1) is 0 Å². The number of carboxylic acid groups (broad SMARTS) is 1. The first-order valence-corrected chi connectivity index (χ1v) is 7.08. The maximum Gasteiger partial charge on any atom is 0.324 e. The van der Waals surface area contributed by atoms with Gasteiger partial charge in [-0.3, -0.25) is 4.79 Å². The first-order valence-electron chi connectivity index (χ1n) is 6.71. The molecule has 0 bridgehead atoms. The highest BCUT2D eigenvalue weighted by atomic mass is 35.5. The van der Waals surface area contributed by atoms with Crippen molar-refractivity contribution < 1.29 is 14.4 Å². The van der Waals surface area contributed by atoms with Crippen LogP contribution in [0.4, 0.5) is 6.01 Å². The number of aromatic nitrogens is 2. The molecule has 1 fully saturated rings. The van der Waals surface area contributed by atoms with Crippen LogP contribution in [0.15, 0.2) is 28.8 Å². The molecule has 1 N–H and O–H groups in total. The van der Waals surface area contributed by atoms with E-state index in [1.54, 1.807) is 12.1 Å². The molecule has 0 spiro atoms. The zero-order valence-corrected chi connectivity index (χ0v) is 12.0. The maximum atomic E-state index is 10.9. The fourth-order valence-corrected chi connectivity index (χ4v) is 2.50. The largest absolute Gasteiger partial charge is 0.481 e. The third-order valence-corrected chi connectivity index (χ3v) is 3.88. The van der Waals surface area contributed by atoms with Gasteiger partial charge in [0.2, 0.25) is 5.82 Å². The second-order valence-corrected chi connectivity index (χ2v) is 5.44. The number of carbonyl (C=O) groups is 1. The standard InChI is InChI=1S/C14H14ClN3O3/c15-11-3-1-9(2-4-11)12-16-14(21-17-12)18-7-5-10(6-8-18)13(19)20/h1-4,10H,5-8H2,(H,19,20). The van der Waals surface area contributed by atoms with Crippen LogP contribution in [0.3, 0.4) is 0 Å². The molecule has 110 valence electrons. The Bertz CT molecular complexity index is 633. The molecule has 3 rings (SSSR count). The third-order valence-electron chi connectivity index (χ3n) is 3.63. The monoisotopic (exact) mass is 307 g/mol. The van der Waals surface area contributed by atoms with Crippen molar-refractivity contribution in [3.63, 3.8) is 0 Å². The Kier molecular flexibility index (Phi) is 3.79. The van der Waals surface area contributed by atoms with E-state index in [9.17, 15) is 4.79 Å². The Balaban J connectivity index is 1.71. The van der Waals surface area contributed by atoms with Crippen LogP contribution in [0, 0.1) is 5.92 Å². The van der Waals surface area contributed by atoms with E-state index in [2.05, 4.69) is 10.1 Å². The van der Waals surface area contributed by atoms with Crippen LogP contribution in [0.2, 0.25) is 5.02 Å². The van der Waals surface area contributed by atoms with Crippen molar-refractivity contribution in [3.05, 3.63) is 29.3 Å². The maximum absolute atomic E-state index is 10.9. The Morgan fingerprint density at radius 2 is 1.95 bits per heavy atom. The topological polar surface area (TPSA) is 79.5 Å². The number of carboxylic acids is 1. The molecule has 0 atom stereocenters. The summed E-state index contributed by atoms with van der Waals surface area (Å²) in [5.74, 6) is -0.510. The van der Waals surface area contributed by atoms with Gasteiger partial charge in [0.25, 0.3) is 0 Å². The Morgan fingerprint density at radius 1 is 1.29 bits per heavy atom. The predicted molar refractivity (Wildman–Crippen MR) is 77.3 cm³/mol. The highest BCUT2D eigenvalue weighted by Crippen LogP contribution is 2.25. The average molecular weight is 308 g/mol. The number of aliphatic carboxylic acids is 1. The summed E-state index contributed by atoms with van der Waals surface area (Å²) in [7, 11) is 0. The number of halogens is 1. The Hall–Kier alpha value is -2.08. The van der Waals surface area contributed by atoms with Crippen molar-refractivity contribution in [2.24, 2.45) is 5.92 Å². The summed E-state index contributed by atoms with van der Waals surface area (Å²) in [5.41, 5.74) is 0.829. The summed E-state index contributed by atoms with van der Waals surface area (Å²) in [4.78, 5) is 17.2. The molecule has 1 aromatic carbocycles. The van der Waals surface area contributed by atoms with Gasteiger partial charge in [0.05, 0.1) is 5.92 Å². The molecular weight excluding hydrogens is 294 g/mol. The molecule has 1 aliphatic heterocycles. The van der Waals surface area contributed by atoms with Gasteiger partial charge in [0.15, 0.2) is 0 Å². The van der Waals surface area contributed by atoms with Crippen molar-refractivity contribution in [1.82, 2.24) is 10.1 Å². The van der Waals surface area contributed by atoms with Gasteiger partial charge in [-0.25, -0.2) is 0 Å². The van der Waals surface area contributed by atoms with Crippen LogP contribution in [0.5, 0.6) is 0 Å². The zero-order valence-electron chi connectivity index (χ0n) is 11.2. The predicted octanol–water partition coefficient (Wildman–Crippen LogP) is 2.69. The lowest BCUT2D eigenvalue weighted by Crippen LogP contribution is -2.36. The van der Waals surface area contributed by atoms with Gasteiger partial charge in [-0.05, 0) is 37.1 Å². The number of piperidine rings is 1. The molecule has 0 saturated carbocycles. The van der Waals surface area contributed by atoms with Crippen molar-refractivity contribution in [2.75, 3.05) is 18.0 Å². The van der Waals surface area contributed by atoms with E-state index in [-0.39, 0.29) is 5.92 Å². The highest BCUT2D eigenvalue weighted by Gasteiger charge is 2.27. The minimum Gasteiger partial charge on any atom is -0.481 e. The SMILES string of the molecule is O=C(O)C1CCN(c2nc(-c3ccc(Cl)cc3)no2)CC1. The second kappa shape index (κ2) is 5.73. The fourth-order valence-electron chi connectivity index (χ4n) is 2.38. The minimum atomic E-state index is -0.734. The van der Waals surface area contributed by atoms with Gasteiger partial charge in [0, 0.05) is 23.7 Å². The van der Waals surface area contributed by atoms with Crippen molar-refractivity contribution in [3.8, 4) is 11.4 Å². The van der Waals surface area contributed by atoms with Crippen molar-refractivity contribution in [1.29, 1.82) is 0 Å². The van der Waals surface area contributed by atoms with E-state index in [1.807, 2.05) is 17.0 Å². The molecule has 7 heteroatoms. The smallest absolute Gasteiger partial charge is 0.324 e. The first kappa shape index (κ1) is 13.9. The van der Waals surface area contributed by atoms with Crippen LogP contribution in [0.25, 0.3) is 11.4 Å². The first-order chi connectivity index (χ1) is 10.1. The molecule has 0 radical (unpaired) electrons. The lowest BCUT2D eigenvalue weighted by Gasteiger charge is -2.28. The molecule has 0 unspecified atom stereocenters. The van der Waals surface area contributed by atoms with E-state index < -0.39 is 5.97 Å². The normalized spacial score (nSPS) is 16.1. The Morgan fingerprint density at radius 3 is 2.57 bits per heavy atom.